The SMILES string of the molecule is CNC(=O)c1cc(Cc2ccc(NC(=S)Nc3ccc(Cl)c(C(C)(C)F)c3)cc2)ccn1. The van der Waals surface area contributed by atoms with Gasteiger partial charge in [0.2, 0.25) is 0 Å². The zero-order valence-electron chi connectivity index (χ0n) is 18.0. The van der Waals surface area contributed by atoms with E-state index >= 15 is 0 Å². The number of benzene rings is 2. The van der Waals surface area contributed by atoms with Crippen LogP contribution in [-0.2, 0) is 12.1 Å². The van der Waals surface area contributed by atoms with Gasteiger partial charge in [0.05, 0.1) is 0 Å². The first kappa shape index (κ1) is 23.6. The molecule has 1 aromatic heterocycles. The third-order valence-electron chi connectivity index (χ3n) is 4.77. The van der Waals surface area contributed by atoms with Gasteiger partial charge in [-0.3, -0.25) is 9.78 Å². The summed E-state index contributed by atoms with van der Waals surface area (Å²) in [5, 5.41) is 9.50. The number of anilines is 2. The molecule has 8 heteroatoms. The van der Waals surface area contributed by atoms with Crippen molar-refractivity contribution in [1.29, 1.82) is 0 Å². The molecule has 0 radical (unpaired) electrons. The molecular formula is C24H24ClFN4OS. The van der Waals surface area contributed by atoms with Crippen molar-refractivity contribution in [2.75, 3.05) is 17.7 Å². The number of nitrogens with zero attached hydrogens (tertiary/aromatic N) is 1. The smallest absolute Gasteiger partial charge is 0.269 e. The summed E-state index contributed by atoms with van der Waals surface area (Å²) >= 11 is 11.5. The molecule has 0 saturated carbocycles. The lowest BCUT2D eigenvalue weighted by Crippen LogP contribution is -2.20. The molecule has 3 N–H and O–H groups in total. The number of hydrogen-bond donors (Lipinski definition) is 3. The number of hydrogen-bond acceptors (Lipinski definition) is 3. The fourth-order valence-corrected chi connectivity index (χ4v) is 3.71. The van der Waals surface area contributed by atoms with Crippen molar-refractivity contribution in [3.8, 4) is 0 Å². The Morgan fingerprint density at radius 1 is 1.03 bits per heavy atom. The van der Waals surface area contributed by atoms with Crippen molar-refractivity contribution in [3.63, 3.8) is 0 Å². The summed E-state index contributed by atoms with van der Waals surface area (Å²) in [6.45, 7) is 2.92. The molecule has 0 spiro atoms. The molecule has 0 aliphatic heterocycles. The van der Waals surface area contributed by atoms with E-state index in [9.17, 15) is 9.18 Å². The Labute approximate surface area is 197 Å². The molecule has 3 aromatic rings. The van der Waals surface area contributed by atoms with Crippen LogP contribution in [0.1, 0.15) is 41.0 Å². The standard InChI is InChI=1S/C24H24ClFN4OS/c1-24(2,26)19-14-18(8-9-20(19)25)30-23(32)29-17-6-4-15(5-7-17)12-16-10-11-28-21(13-16)22(31)27-3/h4-11,13-14H,12H2,1-3H3,(H,27,31)(H2,29,30,32). The van der Waals surface area contributed by atoms with Gasteiger partial charge in [0, 0.05) is 35.2 Å². The van der Waals surface area contributed by atoms with E-state index < -0.39 is 5.67 Å². The van der Waals surface area contributed by atoms with Gasteiger partial charge in [0.25, 0.3) is 5.91 Å². The van der Waals surface area contributed by atoms with Crippen molar-refractivity contribution in [2.45, 2.75) is 25.9 Å². The minimum atomic E-state index is -1.56. The molecule has 0 aliphatic rings. The maximum Gasteiger partial charge on any atom is 0.269 e. The predicted octanol–water partition coefficient (Wildman–Crippen LogP) is 5.70. The van der Waals surface area contributed by atoms with Crippen LogP contribution in [0.5, 0.6) is 0 Å². The monoisotopic (exact) mass is 470 g/mol. The zero-order chi connectivity index (χ0) is 23.3. The first-order valence-corrected chi connectivity index (χ1v) is 10.8. The third-order valence-corrected chi connectivity index (χ3v) is 5.30. The second kappa shape index (κ2) is 10.1. The summed E-state index contributed by atoms with van der Waals surface area (Å²) in [4.78, 5) is 15.8. The maximum absolute atomic E-state index is 14.3. The molecule has 3 rings (SSSR count). The number of halogens is 2. The lowest BCUT2D eigenvalue weighted by Gasteiger charge is -2.18. The number of amides is 1. The molecule has 0 bridgehead atoms. The average molecular weight is 471 g/mol. The lowest BCUT2D eigenvalue weighted by molar-refractivity contribution is 0.0958. The number of carbonyl (C=O) groups excluding carboxylic acids is 1. The quantitative estimate of drug-likeness (QED) is 0.403. The topological polar surface area (TPSA) is 66.1 Å². The highest BCUT2D eigenvalue weighted by molar-refractivity contribution is 7.80. The normalized spacial score (nSPS) is 11.0. The molecule has 32 heavy (non-hydrogen) atoms. The van der Waals surface area contributed by atoms with Crippen molar-refractivity contribution in [3.05, 3.63) is 88.2 Å². The summed E-state index contributed by atoms with van der Waals surface area (Å²) in [5.74, 6) is -0.213. The van der Waals surface area contributed by atoms with Gasteiger partial charge in [0.15, 0.2) is 5.11 Å². The van der Waals surface area contributed by atoms with Gasteiger partial charge in [-0.15, -0.1) is 0 Å². The third kappa shape index (κ3) is 6.24. The Kier molecular flexibility index (Phi) is 7.43. The second-order valence-electron chi connectivity index (χ2n) is 7.75. The van der Waals surface area contributed by atoms with Crippen LogP contribution in [0.2, 0.25) is 5.02 Å². The number of carbonyl (C=O) groups is 1. The number of thiocarbonyl (C=S) groups is 1. The van der Waals surface area contributed by atoms with E-state index in [1.807, 2.05) is 30.3 Å². The Balaban J connectivity index is 1.62. The zero-order valence-corrected chi connectivity index (χ0v) is 19.6. The van der Waals surface area contributed by atoms with Crippen LogP contribution >= 0.6 is 23.8 Å². The van der Waals surface area contributed by atoms with E-state index in [1.165, 1.54) is 13.8 Å². The van der Waals surface area contributed by atoms with E-state index in [0.717, 1.165) is 16.8 Å². The van der Waals surface area contributed by atoms with Gasteiger partial charge in [0.1, 0.15) is 11.4 Å². The molecule has 0 unspecified atom stereocenters. The molecule has 0 atom stereocenters. The van der Waals surface area contributed by atoms with Crippen molar-refractivity contribution in [1.82, 2.24) is 10.3 Å². The van der Waals surface area contributed by atoms with Crippen LogP contribution in [0.3, 0.4) is 0 Å². The molecular weight excluding hydrogens is 447 g/mol. The maximum atomic E-state index is 14.3. The summed E-state index contributed by atoms with van der Waals surface area (Å²) < 4.78 is 14.3. The highest BCUT2D eigenvalue weighted by Gasteiger charge is 2.22. The number of aromatic nitrogens is 1. The molecule has 166 valence electrons. The minimum Gasteiger partial charge on any atom is -0.354 e. The van der Waals surface area contributed by atoms with Gasteiger partial charge in [-0.2, -0.15) is 0 Å². The van der Waals surface area contributed by atoms with Crippen LogP contribution in [0, 0.1) is 0 Å². The lowest BCUT2D eigenvalue weighted by atomic mass is 9.99. The molecule has 0 fully saturated rings. The minimum absolute atomic E-state index is 0.213. The van der Waals surface area contributed by atoms with Gasteiger partial charge in [-0.1, -0.05) is 23.7 Å². The molecule has 2 aromatic carbocycles. The first-order chi connectivity index (χ1) is 15.2. The fraction of sp³-hybridized carbons (Fsp3) is 0.208. The van der Waals surface area contributed by atoms with E-state index in [-0.39, 0.29) is 5.91 Å². The Hall–Kier alpha value is -3.03. The highest BCUT2D eigenvalue weighted by atomic mass is 35.5. The van der Waals surface area contributed by atoms with Crippen LogP contribution < -0.4 is 16.0 Å². The van der Waals surface area contributed by atoms with Gasteiger partial charge in [-0.05, 0) is 86.1 Å². The molecule has 0 aliphatic carbocycles. The number of nitrogens with one attached hydrogen (secondary N) is 3. The number of rotatable bonds is 6. The molecule has 5 nitrogen and oxygen atoms in total. The van der Waals surface area contributed by atoms with E-state index in [0.29, 0.717) is 33.5 Å². The van der Waals surface area contributed by atoms with Crippen molar-refractivity contribution >= 4 is 46.2 Å². The largest absolute Gasteiger partial charge is 0.354 e. The Morgan fingerprint density at radius 2 is 1.69 bits per heavy atom. The fourth-order valence-electron chi connectivity index (χ4n) is 3.13. The van der Waals surface area contributed by atoms with E-state index in [2.05, 4.69) is 20.9 Å². The highest BCUT2D eigenvalue weighted by Crippen LogP contribution is 2.33. The summed E-state index contributed by atoms with van der Waals surface area (Å²) in [7, 11) is 1.58. The molecule has 1 amide bonds. The van der Waals surface area contributed by atoms with Crippen molar-refractivity contribution < 1.29 is 9.18 Å². The Morgan fingerprint density at radius 3 is 2.34 bits per heavy atom. The van der Waals surface area contributed by atoms with Gasteiger partial charge < -0.3 is 16.0 Å². The second-order valence-corrected chi connectivity index (χ2v) is 8.56. The van der Waals surface area contributed by atoms with Gasteiger partial charge in [-0.25, -0.2) is 4.39 Å². The van der Waals surface area contributed by atoms with Crippen LogP contribution in [-0.4, -0.2) is 23.1 Å². The van der Waals surface area contributed by atoms with E-state index in [1.54, 1.807) is 37.5 Å². The Bertz CT molecular complexity index is 1130. The predicted molar refractivity (Wildman–Crippen MR) is 132 cm³/mol. The summed E-state index contributed by atoms with van der Waals surface area (Å²) in [5.41, 5.74) is 2.76. The van der Waals surface area contributed by atoms with Crippen LogP contribution in [0.4, 0.5) is 15.8 Å². The summed E-state index contributed by atoms with van der Waals surface area (Å²) in [6, 6.07) is 16.5. The average Bonchev–Trinajstić information content (AvgIpc) is 2.75. The number of alkyl halides is 1. The van der Waals surface area contributed by atoms with Crippen molar-refractivity contribution in [2.24, 2.45) is 0 Å². The first-order valence-electron chi connectivity index (χ1n) is 9.98. The molecule has 0 saturated heterocycles. The molecule has 1 heterocycles. The van der Waals surface area contributed by atoms with Crippen LogP contribution in [0.15, 0.2) is 60.8 Å². The van der Waals surface area contributed by atoms with Crippen LogP contribution in [0.25, 0.3) is 0 Å². The summed E-state index contributed by atoms with van der Waals surface area (Å²) in [6.07, 6.45) is 2.30. The van der Waals surface area contributed by atoms with E-state index in [4.69, 9.17) is 23.8 Å². The van der Waals surface area contributed by atoms with Gasteiger partial charge >= 0.3 is 0 Å². The number of pyridine rings is 1.